The second-order valence-electron chi connectivity index (χ2n) is 9.26. The van der Waals surface area contributed by atoms with Crippen molar-refractivity contribution < 1.29 is 38.7 Å². The zero-order valence-corrected chi connectivity index (χ0v) is 21.1. The molecular weight excluding hydrogens is 488 g/mol. The van der Waals surface area contributed by atoms with Crippen molar-refractivity contribution in [2.45, 2.75) is 25.2 Å². The van der Waals surface area contributed by atoms with E-state index in [0.717, 1.165) is 23.6 Å². The minimum absolute atomic E-state index is 0.0813. The lowest BCUT2D eigenvalue weighted by molar-refractivity contribution is -0.142. The van der Waals surface area contributed by atoms with Crippen LogP contribution in [0.25, 0.3) is 6.08 Å². The van der Waals surface area contributed by atoms with Crippen LogP contribution in [0.1, 0.15) is 41.2 Å². The van der Waals surface area contributed by atoms with E-state index in [9.17, 15) is 19.8 Å². The highest BCUT2D eigenvalue weighted by atomic mass is 16.7. The molecule has 196 valence electrons. The Hall–Kier alpha value is -4.46. The first-order chi connectivity index (χ1) is 18.4. The van der Waals surface area contributed by atoms with E-state index in [0.29, 0.717) is 46.3 Å². The van der Waals surface area contributed by atoms with Gasteiger partial charge in [0.1, 0.15) is 11.5 Å². The van der Waals surface area contributed by atoms with E-state index >= 15 is 0 Å². The van der Waals surface area contributed by atoms with Crippen molar-refractivity contribution >= 4 is 18.0 Å². The van der Waals surface area contributed by atoms with Crippen LogP contribution in [0.5, 0.6) is 23.0 Å². The van der Waals surface area contributed by atoms with Crippen LogP contribution in [0.15, 0.2) is 60.7 Å². The zero-order chi connectivity index (χ0) is 26.9. The van der Waals surface area contributed by atoms with Crippen LogP contribution in [0.2, 0.25) is 0 Å². The number of ether oxygens (including phenoxy) is 4. The van der Waals surface area contributed by atoms with Gasteiger partial charge in [-0.1, -0.05) is 25.1 Å². The molecule has 2 atom stereocenters. The maximum absolute atomic E-state index is 13.0. The van der Waals surface area contributed by atoms with Gasteiger partial charge in [0.25, 0.3) is 0 Å². The third kappa shape index (κ3) is 4.22. The topological polar surface area (TPSA) is 112 Å². The molecule has 38 heavy (non-hydrogen) atoms. The molecule has 5 rings (SSSR count). The Morgan fingerprint density at radius 2 is 1.76 bits per heavy atom. The van der Waals surface area contributed by atoms with Crippen LogP contribution in [0, 0.1) is 5.92 Å². The summed E-state index contributed by atoms with van der Waals surface area (Å²) in [6.07, 6.45) is 3.63. The Morgan fingerprint density at radius 1 is 1.00 bits per heavy atom. The van der Waals surface area contributed by atoms with Crippen LogP contribution in [-0.2, 0) is 21.4 Å². The van der Waals surface area contributed by atoms with E-state index in [2.05, 4.69) is 0 Å². The van der Waals surface area contributed by atoms with Gasteiger partial charge >= 0.3 is 11.9 Å². The number of aliphatic carboxylic acids is 2. The first-order valence-corrected chi connectivity index (χ1v) is 12.4. The van der Waals surface area contributed by atoms with E-state index in [4.69, 9.17) is 18.9 Å². The lowest BCUT2D eigenvalue weighted by atomic mass is 9.63. The van der Waals surface area contributed by atoms with Crippen molar-refractivity contribution in [1.82, 2.24) is 0 Å². The molecule has 1 aliphatic heterocycles. The van der Waals surface area contributed by atoms with Crippen LogP contribution in [0.3, 0.4) is 0 Å². The molecule has 0 bridgehead atoms. The summed E-state index contributed by atoms with van der Waals surface area (Å²) in [5.41, 5.74) is 2.37. The molecule has 1 heterocycles. The summed E-state index contributed by atoms with van der Waals surface area (Å²) >= 11 is 0. The van der Waals surface area contributed by atoms with Crippen molar-refractivity contribution in [2.75, 3.05) is 20.5 Å². The summed E-state index contributed by atoms with van der Waals surface area (Å²) in [5, 5.41) is 20.0. The number of fused-ring (bicyclic) bond motifs is 2. The molecule has 2 unspecified atom stereocenters. The maximum Gasteiger partial charge on any atom is 0.328 e. The summed E-state index contributed by atoms with van der Waals surface area (Å²) in [5.74, 6) is -0.680. The average molecular weight is 517 g/mol. The fourth-order valence-electron chi connectivity index (χ4n) is 5.58. The average Bonchev–Trinajstić information content (AvgIpc) is 3.53. The van der Waals surface area contributed by atoms with E-state index in [1.54, 1.807) is 18.2 Å². The minimum atomic E-state index is -1.17. The third-order valence-electron chi connectivity index (χ3n) is 7.14. The Kier molecular flexibility index (Phi) is 6.72. The van der Waals surface area contributed by atoms with E-state index < -0.39 is 23.3 Å². The molecule has 0 fully saturated rings. The van der Waals surface area contributed by atoms with Crippen molar-refractivity contribution in [2.24, 2.45) is 5.92 Å². The van der Waals surface area contributed by atoms with Gasteiger partial charge < -0.3 is 29.2 Å². The lowest BCUT2D eigenvalue weighted by Gasteiger charge is -2.37. The molecule has 2 N–H and O–H groups in total. The number of hydrogen-bond donors (Lipinski definition) is 2. The highest BCUT2D eigenvalue weighted by molar-refractivity contribution is 5.87. The van der Waals surface area contributed by atoms with Gasteiger partial charge in [-0.25, -0.2) is 4.79 Å². The predicted molar refractivity (Wildman–Crippen MR) is 139 cm³/mol. The molecule has 2 aliphatic rings. The minimum Gasteiger partial charge on any atom is -0.497 e. The Bertz CT molecular complexity index is 1430. The fraction of sp³-hybridized carbons (Fsp3) is 0.267. The monoisotopic (exact) mass is 516 g/mol. The SMILES string of the molecule is CCCOc1ccc2c(c1)CC(C(=O)O)C2(c1ccc2c(c1)OCO2)c1ccc(OC)cc1/C=C/C(=O)O. The lowest BCUT2D eigenvalue weighted by Crippen LogP contribution is -2.39. The fourth-order valence-corrected chi connectivity index (χ4v) is 5.58. The van der Waals surface area contributed by atoms with Gasteiger partial charge in [-0.2, -0.15) is 0 Å². The van der Waals surface area contributed by atoms with E-state index in [-0.39, 0.29) is 13.2 Å². The van der Waals surface area contributed by atoms with Crippen molar-refractivity contribution in [1.29, 1.82) is 0 Å². The third-order valence-corrected chi connectivity index (χ3v) is 7.14. The second-order valence-corrected chi connectivity index (χ2v) is 9.26. The number of carboxylic acids is 2. The first-order valence-electron chi connectivity index (χ1n) is 12.4. The van der Waals surface area contributed by atoms with E-state index in [1.165, 1.54) is 13.2 Å². The smallest absolute Gasteiger partial charge is 0.328 e. The molecule has 8 heteroatoms. The van der Waals surface area contributed by atoms with E-state index in [1.807, 2.05) is 43.3 Å². The number of carbonyl (C=O) groups is 2. The Labute approximate surface area is 220 Å². The van der Waals surface area contributed by atoms with Gasteiger partial charge in [0.2, 0.25) is 6.79 Å². The maximum atomic E-state index is 13.0. The molecule has 0 amide bonds. The van der Waals surface area contributed by atoms with Crippen molar-refractivity contribution in [3.63, 3.8) is 0 Å². The van der Waals surface area contributed by atoms with Gasteiger partial charge in [-0.3, -0.25) is 4.79 Å². The number of rotatable bonds is 9. The summed E-state index contributed by atoms with van der Waals surface area (Å²) in [6, 6.07) is 16.4. The summed E-state index contributed by atoms with van der Waals surface area (Å²) in [7, 11) is 1.52. The van der Waals surface area contributed by atoms with Gasteiger partial charge in [-0.15, -0.1) is 0 Å². The standard InChI is InChI=1S/C30H28O8/c1-3-12-36-22-7-9-24-19(14-22)15-25(29(33)34)30(24,20-5-10-26-27(16-20)38-17-37-26)23-8-6-21(35-2)13-18(23)4-11-28(31)32/h4-11,13-14,16,25H,3,12,15,17H2,1-2H3,(H,31,32)(H,33,34)/b11-4+. The van der Waals surface area contributed by atoms with Gasteiger partial charge in [0, 0.05) is 6.08 Å². The van der Waals surface area contributed by atoms with Crippen molar-refractivity contribution in [3.8, 4) is 23.0 Å². The molecule has 0 saturated carbocycles. The molecule has 3 aromatic rings. The van der Waals surface area contributed by atoms with Crippen molar-refractivity contribution in [3.05, 3.63) is 88.5 Å². The predicted octanol–water partition coefficient (Wildman–Crippen LogP) is 4.90. The summed E-state index contributed by atoms with van der Waals surface area (Å²) in [6.45, 7) is 2.66. The second kappa shape index (κ2) is 10.1. The molecule has 0 spiro atoms. The quantitative estimate of drug-likeness (QED) is 0.386. The van der Waals surface area contributed by atoms with Gasteiger partial charge in [0.05, 0.1) is 25.0 Å². The Balaban J connectivity index is 1.83. The summed E-state index contributed by atoms with van der Waals surface area (Å²) < 4.78 is 22.5. The van der Waals surface area contributed by atoms with Crippen LogP contribution in [0.4, 0.5) is 0 Å². The van der Waals surface area contributed by atoms with Gasteiger partial charge in [-0.05, 0) is 83.1 Å². The number of methoxy groups -OCH3 is 1. The van der Waals surface area contributed by atoms with Crippen LogP contribution >= 0.6 is 0 Å². The highest BCUT2D eigenvalue weighted by Gasteiger charge is 2.54. The largest absolute Gasteiger partial charge is 0.497 e. The van der Waals surface area contributed by atoms with Crippen LogP contribution in [-0.4, -0.2) is 42.7 Å². The number of hydrogen-bond acceptors (Lipinski definition) is 6. The molecule has 3 aromatic carbocycles. The van der Waals surface area contributed by atoms with Gasteiger partial charge in [0.15, 0.2) is 11.5 Å². The number of benzene rings is 3. The number of carboxylic acid groups (broad SMARTS) is 2. The Morgan fingerprint density at radius 3 is 2.50 bits per heavy atom. The molecule has 1 aliphatic carbocycles. The molecule has 0 saturated heterocycles. The van der Waals surface area contributed by atoms with Crippen LogP contribution < -0.4 is 18.9 Å². The molecular formula is C30H28O8. The highest BCUT2D eigenvalue weighted by Crippen LogP contribution is 2.55. The zero-order valence-electron chi connectivity index (χ0n) is 21.1. The molecule has 0 aromatic heterocycles. The normalized spacial score (nSPS) is 19.4. The summed E-state index contributed by atoms with van der Waals surface area (Å²) in [4.78, 5) is 24.5. The molecule has 0 radical (unpaired) electrons. The molecule has 8 nitrogen and oxygen atoms in total. The first kappa shape index (κ1) is 25.2.